The molecule has 3 rings (SSSR count). The minimum Gasteiger partial charge on any atom is -0.457 e. The van der Waals surface area contributed by atoms with Crippen LogP contribution in [0.1, 0.15) is 37.8 Å². The number of aryl methyl sites for hydroxylation is 1. The van der Waals surface area contributed by atoms with E-state index < -0.39 is 6.10 Å². The molecule has 0 aliphatic carbocycles. The summed E-state index contributed by atoms with van der Waals surface area (Å²) in [6, 6.07) is 20.4. The molecule has 0 amide bonds. The standard InChI is InChI=1S/C25H32O5/c1-3-22-24(27-16-10-15-20-11-6-4-7-12-20)25(23(18-28-22)30-19(2)26)29-17-21-13-8-5-9-14-21/h4-9,11-14,22-25H,3,10,15-18H2,1-2H3/t22?,23?,24-,25+/m1/s1. The number of benzene rings is 2. The van der Waals surface area contributed by atoms with Gasteiger partial charge in [0, 0.05) is 13.5 Å². The van der Waals surface area contributed by atoms with Crippen LogP contribution in [0, 0.1) is 0 Å². The second kappa shape index (κ2) is 11.8. The maximum atomic E-state index is 11.6. The zero-order valence-electron chi connectivity index (χ0n) is 17.9. The van der Waals surface area contributed by atoms with Gasteiger partial charge in [-0.2, -0.15) is 0 Å². The first-order chi connectivity index (χ1) is 14.7. The van der Waals surface area contributed by atoms with Gasteiger partial charge in [-0.05, 0) is 30.4 Å². The third-order valence-electron chi connectivity index (χ3n) is 5.30. The number of carbonyl (C=O) groups excluding carboxylic acids is 1. The third kappa shape index (κ3) is 6.66. The highest BCUT2D eigenvalue weighted by atomic mass is 16.6. The topological polar surface area (TPSA) is 54.0 Å². The molecule has 162 valence electrons. The Morgan fingerprint density at radius 3 is 2.27 bits per heavy atom. The van der Waals surface area contributed by atoms with Crippen LogP contribution >= 0.6 is 0 Å². The molecule has 0 N–H and O–H groups in total. The van der Waals surface area contributed by atoms with Gasteiger partial charge < -0.3 is 18.9 Å². The van der Waals surface area contributed by atoms with E-state index in [0.717, 1.165) is 24.8 Å². The summed E-state index contributed by atoms with van der Waals surface area (Å²) in [5, 5.41) is 0. The molecular formula is C25H32O5. The van der Waals surface area contributed by atoms with Gasteiger partial charge in [0.25, 0.3) is 0 Å². The molecule has 5 nitrogen and oxygen atoms in total. The first-order valence-electron chi connectivity index (χ1n) is 10.8. The Bertz CT molecular complexity index is 749. The van der Waals surface area contributed by atoms with Crippen molar-refractivity contribution >= 4 is 5.97 Å². The highest BCUT2D eigenvalue weighted by molar-refractivity contribution is 5.66. The Labute approximate surface area is 179 Å². The van der Waals surface area contributed by atoms with Gasteiger partial charge in [-0.25, -0.2) is 0 Å². The van der Waals surface area contributed by atoms with Crippen LogP contribution < -0.4 is 0 Å². The van der Waals surface area contributed by atoms with Crippen molar-refractivity contribution in [1.82, 2.24) is 0 Å². The lowest BCUT2D eigenvalue weighted by Crippen LogP contribution is -2.56. The van der Waals surface area contributed by atoms with Gasteiger partial charge in [-0.3, -0.25) is 4.79 Å². The molecule has 5 heteroatoms. The molecule has 1 fully saturated rings. The Morgan fingerprint density at radius 2 is 1.63 bits per heavy atom. The number of esters is 1. The van der Waals surface area contributed by atoms with E-state index in [9.17, 15) is 4.79 Å². The van der Waals surface area contributed by atoms with Crippen molar-refractivity contribution in [2.45, 2.75) is 64.1 Å². The van der Waals surface area contributed by atoms with Gasteiger partial charge in [0.15, 0.2) is 6.10 Å². The van der Waals surface area contributed by atoms with Crippen molar-refractivity contribution < 1.29 is 23.7 Å². The van der Waals surface area contributed by atoms with E-state index in [-0.39, 0.29) is 24.3 Å². The van der Waals surface area contributed by atoms with Crippen LogP contribution in [0.25, 0.3) is 0 Å². The van der Waals surface area contributed by atoms with Gasteiger partial charge in [-0.15, -0.1) is 0 Å². The SMILES string of the molecule is CCC1OCC(OC(C)=O)[C@H](OCc2ccccc2)[C@@H]1OCCCc1ccccc1. The minimum atomic E-state index is -0.479. The number of hydrogen-bond donors (Lipinski definition) is 0. The number of rotatable bonds is 10. The lowest BCUT2D eigenvalue weighted by molar-refractivity contribution is -0.231. The van der Waals surface area contributed by atoms with Crippen LogP contribution in [-0.2, 0) is 36.8 Å². The number of hydrogen-bond acceptors (Lipinski definition) is 5. The van der Waals surface area contributed by atoms with Crippen molar-refractivity contribution in [3.05, 3.63) is 71.8 Å². The van der Waals surface area contributed by atoms with E-state index in [4.69, 9.17) is 18.9 Å². The van der Waals surface area contributed by atoms with Crippen molar-refractivity contribution in [3.8, 4) is 0 Å². The number of ether oxygens (including phenoxy) is 4. The van der Waals surface area contributed by atoms with E-state index in [0.29, 0.717) is 19.8 Å². The first kappa shape index (κ1) is 22.5. The average molecular weight is 413 g/mol. The Morgan fingerprint density at radius 1 is 0.967 bits per heavy atom. The van der Waals surface area contributed by atoms with Crippen LogP contribution in [-0.4, -0.2) is 43.6 Å². The Kier molecular flexibility index (Phi) is 8.87. The van der Waals surface area contributed by atoms with E-state index in [1.54, 1.807) is 0 Å². The quantitative estimate of drug-likeness (QED) is 0.429. The average Bonchev–Trinajstić information content (AvgIpc) is 2.77. The fourth-order valence-corrected chi connectivity index (χ4v) is 3.81. The molecule has 0 bridgehead atoms. The highest BCUT2D eigenvalue weighted by Gasteiger charge is 2.43. The highest BCUT2D eigenvalue weighted by Crippen LogP contribution is 2.27. The fraction of sp³-hybridized carbons (Fsp3) is 0.480. The number of carbonyl (C=O) groups is 1. The Hall–Kier alpha value is -2.21. The van der Waals surface area contributed by atoms with Crippen molar-refractivity contribution in [2.24, 2.45) is 0 Å². The fourth-order valence-electron chi connectivity index (χ4n) is 3.81. The van der Waals surface area contributed by atoms with Crippen molar-refractivity contribution in [1.29, 1.82) is 0 Å². The predicted octanol–water partition coefficient (Wildman–Crippen LogP) is 4.33. The maximum absolute atomic E-state index is 11.6. The van der Waals surface area contributed by atoms with E-state index >= 15 is 0 Å². The molecule has 2 unspecified atom stereocenters. The lowest BCUT2D eigenvalue weighted by Gasteiger charge is -2.41. The van der Waals surface area contributed by atoms with Crippen LogP contribution in [0.5, 0.6) is 0 Å². The maximum Gasteiger partial charge on any atom is 0.303 e. The van der Waals surface area contributed by atoms with Gasteiger partial charge in [0.2, 0.25) is 0 Å². The molecule has 0 spiro atoms. The normalized spacial score (nSPS) is 23.8. The zero-order valence-corrected chi connectivity index (χ0v) is 17.9. The summed E-state index contributed by atoms with van der Waals surface area (Å²) >= 11 is 0. The van der Waals surface area contributed by atoms with Crippen molar-refractivity contribution in [2.75, 3.05) is 13.2 Å². The van der Waals surface area contributed by atoms with Gasteiger partial charge in [0.1, 0.15) is 12.2 Å². The third-order valence-corrected chi connectivity index (χ3v) is 5.30. The zero-order chi connectivity index (χ0) is 21.2. The molecule has 1 aliphatic rings. The van der Waals surface area contributed by atoms with Crippen LogP contribution in [0.3, 0.4) is 0 Å². The molecule has 1 heterocycles. The van der Waals surface area contributed by atoms with Crippen LogP contribution in [0.4, 0.5) is 0 Å². The van der Waals surface area contributed by atoms with Gasteiger partial charge in [0.05, 0.1) is 19.3 Å². The van der Waals surface area contributed by atoms with E-state index in [1.165, 1.54) is 12.5 Å². The summed E-state index contributed by atoms with van der Waals surface area (Å²) in [5.74, 6) is -0.338. The van der Waals surface area contributed by atoms with E-state index in [2.05, 4.69) is 31.2 Å². The summed E-state index contributed by atoms with van der Waals surface area (Å²) in [6.45, 7) is 4.84. The second-order valence-electron chi connectivity index (χ2n) is 7.61. The molecule has 0 aromatic heterocycles. The Balaban J connectivity index is 1.64. The molecule has 0 radical (unpaired) electrons. The lowest BCUT2D eigenvalue weighted by atomic mass is 9.97. The summed E-state index contributed by atoms with van der Waals surface area (Å²) in [7, 11) is 0. The van der Waals surface area contributed by atoms with Crippen molar-refractivity contribution in [3.63, 3.8) is 0 Å². The molecule has 30 heavy (non-hydrogen) atoms. The first-order valence-corrected chi connectivity index (χ1v) is 10.8. The summed E-state index contributed by atoms with van der Waals surface area (Å²) < 4.78 is 24.0. The summed E-state index contributed by atoms with van der Waals surface area (Å²) in [5.41, 5.74) is 2.36. The van der Waals surface area contributed by atoms with Gasteiger partial charge >= 0.3 is 5.97 Å². The summed E-state index contributed by atoms with van der Waals surface area (Å²) in [6.07, 6.45) is 1.44. The molecule has 4 atom stereocenters. The smallest absolute Gasteiger partial charge is 0.303 e. The largest absolute Gasteiger partial charge is 0.457 e. The van der Waals surface area contributed by atoms with Gasteiger partial charge in [-0.1, -0.05) is 67.6 Å². The monoisotopic (exact) mass is 412 g/mol. The molecule has 2 aromatic carbocycles. The second-order valence-corrected chi connectivity index (χ2v) is 7.61. The molecule has 1 saturated heterocycles. The minimum absolute atomic E-state index is 0.0886. The molecule has 0 saturated carbocycles. The van der Waals surface area contributed by atoms with Crippen LogP contribution in [0.2, 0.25) is 0 Å². The molecule has 2 aromatic rings. The predicted molar refractivity (Wildman–Crippen MR) is 115 cm³/mol. The summed E-state index contributed by atoms with van der Waals surface area (Å²) in [4.78, 5) is 11.6. The van der Waals surface area contributed by atoms with E-state index in [1.807, 2.05) is 36.4 Å². The van der Waals surface area contributed by atoms with Crippen LogP contribution in [0.15, 0.2) is 60.7 Å². The molecule has 1 aliphatic heterocycles. The molecular weight excluding hydrogens is 380 g/mol.